The highest BCUT2D eigenvalue weighted by molar-refractivity contribution is 6.11. The van der Waals surface area contributed by atoms with E-state index in [1.165, 1.54) is 11.1 Å². The number of rotatable bonds is 6. The van der Waals surface area contributed by atoms with Crippen LogP contribution in [0.1, 0.15) is 21.7 Å². The van der Waals surface area contributed by atoms with Gasteiger partial charge in [-0.1, -0.05) is 36.4 Å². The average Bonchev–Trinajstić information content (AvgIpc) is 3.12. The van der Waals surface area contributed by atoms with Crippen molar-refractivity contribution in [3.63, 3.8) is 0 Å². The van der Waals surface area contributed by atoms with Gasteiger partial charge in [-0.2, -0.15) is 0 Å². The van der Waals surface area contributed by atoms with Crippen LogP contribution in [-0.2, 0) is 6.54 Å². The fraction of sp³-hybridized carbons (Fsp3) is 0.125. The Morgan fingerprint density at radius 3 is 2.45 bits per heavy atom. The van der Waals surface area contributed by atoms with E-state index in [1.54, 1.807) is 31.4 Å². The standard InChI is InChI=1S/C24H22N2O3/c1-16-7-3-4-8-17(16)15-25-22-20-9-5-6-10-21(20)29-23(22)24(27)26-18-11-13-19(28-2)14-12-18/h3-14,25H,15H2,1-2H3,(H,26,27). The molecule has 1 aromatic heterocycles. The molecule has 0 saturated heterocycles. The zero-order valence-corrected chi connectivity index (χ0v) is 16.4. The van der Waals surface area contributed by atoms with Crippen molar-refractivity contribution >= 4 is 28.3 Å². The quantitative estimate of drug-likeness (QED) is 0.452. The number of carbonyl (C=O) groups is 1. The third-order valence-corrected chi connectivity index (χ3v) is 4.87. The van der Waals surface area contributed by atoms with Crippen LogP contribution < -0.4 is 15.4 Å². The summed E-state index contributed by atoms with van der Waals surface area (Å²) >= 11 is 0. The summed E-state index contributed by atoms with van der Waals surface area (Å²) in [6.07, 6.45) is 0. The third kappa shape index (κ3) is 3.94. The number of hydrogen-bond donors (Lipinski definition) is 2. The van der Waals surface area contributed by atoms with Crippen molar-refractivity contribution in [2.24, 2.45) is 0 Å². The highest BCUT2D eigenvalue weighted by atomic mass is 16.5. The summed E-state index contributed by atoms with van der Waals surface area (Å²) in [4.78, 5) is 13.0. The Labute approximate surface area is 169 Å². The number of carbonyl (C=O) groups excluding carboxylic acids is 1. The summed E-state index contributed by atoms with van der Waals surface area (Å²) in [5.41, 5.74) is 4.38. The summed E-state index contributed by atoms with van der Waals surface area (Å²) in [6.45, 7) is 2.67. The molecule has 1 heterocycles. The van der Waals surface area contributed by atoms with Crippen LogP contribution in [0.15, 0.2) is 77.2 Å². The predicted octanol–water partition coefficient (Wildman–Crippen LogP) is 5.61. The van der Waals surface area contributed by atoms with E-state index in [9.17, 15) is 4.79 Å². The smallest absolute Gasteiger partial charge is 0.293 e. The van der Waals surface area contributed by atoms with Gasteiger partial charge in [-0.05, 0) is 54.4 Å². The van der Waals surface area contributed by atoms with Crippen molar-refractivity contribution in [1.82, 2.24) is 0 Å². The number of aryl methyl sites for hydroxylation is 1. The van der Waals surface area contributed by atoms with Crippen molar-refractivity contribution in [1.29, 1.82) is 0 Å². The Morgan fingerprint density at radius 2 is 1.69 bits per heavy atom. The van der Waals surface area contributed by atoms with E-state index in [2.05, 4.69) is 29.7 Å². The zero-order valence-electron chi connectivity index (χ0n) is 16.4. The number of hydrogen-bond acceptors (Lipinski definition) is 4. The molecule has 0 aliphatic rings. The first-order valence-corrected chi connectivity index (χ1v) is 9.41. The number of benzene rings is 3. The maximum atomic E-state index is 13.0. The van der Waals surface area contributed by atoms with Crippen molar-refractivity contribution < 1.29 is 13.9 Å². The van der Waals surface area contributed by atoms with Crippen LogP contribution in [-0.4, -0.2) is 13.0 Å². The minimum absolute atomic E-state index is 0.260. The van der Waals surface area contributed by atoms with Gasteiger partial charge in [-0.25, -0.2) is 0 Å². The van der Waals surface area contributed by atoms with Crippen LogP contribution in [0.4, 0.5) is 11.4 Å². The molecule has 0 aliphatic heterocycles. The molecule has 0 spiro atoms. The number of anilines is 2. The predicted molar refractivity (Wildman–Crippen MR) is 116 cm³/mol. The molecule has 3 aromatic carbocycles. The van der Waals surface area contributed by atoms with E-state index in [1.807, 2.05) is 36.4 Å². The second-order valence-electron chi connectivity index (χ2n) is 6.77. The molecule has 1 amide bonds. The highest BCUT2D eigenvalue weighted by Crippen LogP contribution is 2.32. The minimum Gasteiger partial charge on any atom is -0.497 e. The van der Waals surface area contributed by atoms with E-state index in [0.29, 0.717) is 23.5 Å². The Morgan fingerprint density at radius 1 is 0.966 bits per heavy atom. The van der Waals surface area contributed by atoms with E-state index in [0.717, 1.165) is 11.1 Å². The van der Waals surface area contributed by atoms with Gasteiger partial charge in [-0.15, -0.1) is 0 Å². The number of ether oxygens (including phenoxy) is 1. The Hall–Kier alpha value is -3.73. The lowest BCUT2D eigenvalue weighted by atomic mass is 10.1. The first-order chi connectivity index (χ1) is 14.2. The van der Waals surface area contributed by atoms with E-state index in [4.69, 9.17) is 9.15 Å². The largest absolute Gasteiger partial charge is 0.497 e. The fourth-order valence-electron chi connectivity index (χ4n) is 3.24. The lowest BCUT2D eigenvalue weighted by Crippen LogP contribution is -2.13. The fourth-order valence-corrected chi connectivity index (χ4v) is 3.24. The summed E-state index contributed by atoms with van der Waals surface area (Å²) in [7, 11) is 1.61. The molecule has 0 fully saturated rings. The summed E-state index contributed by atoms with van der Waals surface area (Å²) in [5, 5.41) is 7.17. The Kier molecular flexibility index (Phi) is 5.20. The summed E-state index contributed by atoms with van der Waals surface area (Å²) in [6, 6.07) is 23.0. The summed E-state index contributed by atoms with van der Waals surface area (Å²) in [5.74, 6) is 0.682. The van der Waals surface area contributed by atoms with Gasteiger partial charge in [0.2, 0.25) is 5.76 Å². The van der Waals surface area contributed by atoms with Gasteiger partial charge in [0.05, 0.1) is 12.8 Å². The Bertz CT molecular complexity index is 1150. The van der Waals surface area contributed by atoms with Gasteiger partial charge >= 0.3 is 0 Å². The van der Waals surface area contributed by atoms with Crippen molar-refractivity contribution in [3.05, 3.63) is 89.7 Å². The van der Waals surface area contributed by atoms with Crippen molar-refractivity contribution in [2.75, 3.05) is 17.7 Å². The molecule has 5 heteroatoms. The minimum atomic E-state index is -0.307. The second-order valence-corrected chi connectivity index (χ2v) is 6.77. The van der Waals surface area contributed by atoms with Crippen LogP contribution in [0.5, 0.6) is 5.75 Å². The van der Waals surface area contributed by atoms with Crippen LogP contribution in [0.3, 0.4) is 0 Å². The number of furan rings is 1. The van der Waals surface area contributed by atoms with Gasteiger partial charge in [0.15, 0.2) is 0 Å². The van der Waals surface area contributed by atoms with Gasteiger partial charge in [0.1, 0.15) is 11.3 Å². The van der Waals surface area contributed by atoms with Gasteiger partial charge in [0, 0.05) is 17.6 Å². The lowest BCUT2D eigenvalue weighted by molar-refractivity contribution is 0.0999. The van der Waals surface area contributed by atoms with Crippen molar-refractivity contribution in [2.45, 2.75) is 13.5 Å². The zero-order chi connectivity index (χ0) is 20.2. The second kappa shape index (κ2) is 8.10. The van der Waals surface area contributed by atoms with Crippen LogP contribution in [0.25, 0.3) is 11.0 Å². The molecule has 146 valence electrons. The first-order valence-electron chi connectivity index (χ1n) is 9.41. The molecular formula is C24H22N2O3. The molecule has 0 aliphatic carbocycles. The Balaban J connectivity index is 1.63. The molecule has 0 bridgehead atoms. The number of nitrogens with one attached hydrogen (secondary N) is 2. The average molecular weight is 386 g/mol. The molecule has 29 heavy (non-hydrogen) atoms. The maximum absolute atomic E-state index is 13.0. The third-order valence-electron chi connectivity index (χ3n) is 4.87. The maximum Gasteiger partial charge on any atom is 0.293 e. The van der Waals surface area contributed by atoms with Crippen LogP contribution in [0.2, 0.25) is 0 Å². The van der Waals surface area contributed by atoms with Gasteiger partial charge in [0.25, 0.3) is 5.91 Å². The SMILES string of the molecule is COc1ccc(NC(=O)c2oc3ccccc3c2NCc2ccccc2C)cc1. The van der Waals surface area contributed by atoms with E-state index >= 15 is 0 Å². The number of para-hydroxylation sites is 1. The molecular weight excluding hydrogens is 364 g/mol. The molecule has 0 radical (unpaired) electrons. The molecule has 4 rings (SSSR count). The van der Waals surface area contributed by atoms with Crippen molar-refractivity contribution in [3.8, 4) is 5.75 Å². The van der Waals surface area contributed by atoms with Crippen LogP contribution in [0, 0.1) is 6.92 Å². The monoisotopic (exact) mass is 386 g/mol. The number of amides is 1. The number of fused-ring (bicyclic) bond motifs is 1. The topological polar surface area (TPSA) is 63.5 Å². The van der Waals surface area contributed by atoms with E-state index < -0.39 is 0 Å². The normalized spacial score (nSPS) is 10.7. The van der Waals surface area contributed by atoms with Gasteiger partial charge < -0.3 is 19.8 Å². The van der Waals surface area contributed by atoms with Gasteiger partial charge in [-0.3, -0.25) is 4.79 Å². The van der Waals surface area contributed by atoms with Crippen LogP contribution >= 0.6 is 0 Å². The lowest BCUT2D eigenvalue weighted by Gasteiger charge is -2.10. The molecule has 0 unspecified atom stereocenters. The number of methoxy groups -OCH3 is 1. The molecule has 0 atom stereocenters. The molecule has 5 nitrogen and oxygen atoms in total. The first kappa shape index (κ1) is 18.6. The molecule has 2 N–H and O–H groups in total. The van der Waals surface area contributed by atoms with E-state index in [-0.39, 0.29) is 11.7 Å². The molecule has 0 saturated carbocycles. The molecule has 4 aromatic rings. The summed E-state index contributed by atoms with van der Waals surface area (Å²) < 4.78 is 11.1. The highest BCUT2D eigenvalue weighted by Gasteiger charge is 2.21.